The van der Waals surface area contributed by atoms with Crippen molar-refractivity contribution in [3.63, 3.8) is 0 Å². The zero-order valence-corrected chi connectivity index (χ0v) is 22.8. The molecule has 9 heteroatoms. The van der Waals surface area contributed by atoms with E-state index in [4.69, 9.17) is 37.4 Å². The fourth-order valence-electron chi connectivity index (χ4n) is 6.58. The van der Waals surface area contributed by atoms with E-state index in [1.165, 1.54) is 0 Å². The Bertz CT molecular complexity index is 1570. The van der Waals surface area contributed by atoms with Gasteiger partial charge >= 0.3 is 5.97 Å². The minimum Gasteiger partial charge on any atom is -0.478 e. The lowest BCUT2D eigenvalue weighted by atomic mass is 9.57. The van der Waals surface area contributed by atoms with Crippen molar-refractivity contribution in [1.29, 1.82) is 0 Å². The van der Waals surface area contributed by atoms with Crippen molar-refractivity contribution in [1.82, 2.24) is 15.1 Å². The molecule has 3 aromatic heterocycles. The van der Waals surface area contributed by atoms with Gasteiger partial charge in [-0.2, -0.15) is 0 Å². The zero-order valence-electron chi connectivity index (χ0n) is 21.3. The van der Waals surface area contributed by atoms with Crippen LogP contribution in [0.3, 0.4) is 0 Å². The molecule has 39 heavy (non-hydrogen) atoms. The Morgan fingerprint density at radius 2 is 1.74 bits per heavy atom. The van der Waals surface area contributed by atoms with Crippen LogP contribution in [-0.2, 0) is 16.8 Å². The van der Waals surface area contributed by atoms with Crippen molar-refractivity contribution >= 4 is 40.1 Å². The largest absolute Gasteiger partial charge is 0.478 e. The van der Waals surface area contributed by atoms with Gasteiger partial charge in [0.05, 0.1) is 33.3 Å². The molecule has 3 heterocycles. The molecule has 2 bridgehead atoms. The van der Waals surface area contributed by atoms with Crippen LogP contribution in [0.4, 0.5) is 0 Å². The summed E-state index contributed by atoms with van der Waals surface area (Å²) in [6, 6.07) is 9.24. The lowest BCUT2D eigenvalue weighted by Crippen LogP contribution is -2.50. The number of carboxylic acids is 1. The highest BCUT2D eigenvalue weighted by molar-refractivity contribution is 6.38. The Morgan fingerprint density at radius 3 is 2.41 bits per heavy atom. The first-order chi connectivity index (χ1) is 18.9. The maximum Gasteiger partial charge on any atom is 0.336 e. The number of ether oxygens (including phenoxy) is 1. The summed E-state index contributed by atoms with van der Waals surface area (Å²) < 4.78 is 12.6. The van der Waals surface area contributed by atoms with Gasteiger partial charge < -0.3 is 14.4 Å². The number of hydrogen-bond donors (Lipinski definition) is 1. The van der Waals surface area contributed by atoms with E-state index >= 15 is 0 Å². The SMILES string of the molecule is O=C(O)c1cccc2nc(C34CCC(OCc5c(-c6c(Cl)cncc6Cl)noc5C5CC5)(CC3)CC4)ccc12. The van der Waals surface area contributed by atoms with Gasteiger partial charge in [0.1, 0.15) is 11.5 Å². The van der Waals surface area contributed by atoms with Crippen LogP contribution >= 0.6 is 23.2 Å². The highest BCUT2D eigenvalue weighted by Gasteiger charge is 2.51. The predicted octanol–water partition coefficient (Wildman–Crippen LogP) is 7.73. The van der Waals surface area contributed by atoms with Crippen LogP contribution in [0.2, 0.25) is 10.0 Å². The number of carboxylic acid groups (broad SMARTS) is 1. The maximum atomic E-state index is 11.6. The molecule has 1 N–H and O–H groups in total. The number of hydrogen-bond acceptors (Lipinski definition) is 6. The van der Waals surface area contributed by atoms with Gasteiger partial charge in [-0.15, -0.1) is 0 Å². The van der Waals surface area contributed by atoms with E-state index in [2.05, 4.69) is 10.1 Å². The molecule has 4 aliphatic carbocycles. The Balaban J connectivity index is 1.12. The smallest absolute Gasteiger partial charge is 0.336 e. The van der Waals surface area contributed by atoms with E-state index in [9.17, 15) is 9.90 Å². The van der Waals surface area contributed by atoms with Crippen molar-refractivity contribution in [2.24, 2.45) is 0 Å². The molecule has 0 aliphatic heterocycles. The lowest BCUT2D eigenvalue weighted by molar-refractivity contribution is -0.127. The molecule has 1 aromatic carbocycles. The van der Waals surface area contributed by atoms with Gasteiger partial charge in [-0.05, 0) is 69.6 Å². The Labute approximate surface area is 235 Å². The third-order valence-electron chi connectivity index (χ3n) is 9.06. The Hall–Kier alpha value is -3.00. The van der Waals surface area contributed by atoms with E-state index in [-0.39, 0.29) is 16.6 Å². The quantitative estimate of drug-likeness (QED) is 0.245. The highest BCUT2D eigenvalue weighted by atomic mass is 35.5. The number of aromatic carboxylic acids is 1. The van der Waals surface area contributed by atoms with Crippen LogP contribution in [0.1, 0.15) is 84.7 Å². The second-order valence-corrected chi connectivity index (χ2v) is 12.1. The highest BCUT2D eigenvalue weighted by Crippen LogP contribution is 2.55. The average Bonchev–Trinajstić information content (AvgIpc) is 3.72. The van der Waals surface area contributed by atoms with E-state index in [0.29, 0.717) is 39.2 Å². The molecule has 7 nitrogen and oxygen atoms in total. The number of rotatable bonds is 7. The molecule has 0 saturated heterocycles. The van der Waals surface area contributed by atoms with Crippen LogP contribution in [0.5, 0.6) is 0 Å². The van der Waals surface area contributed by atoms with Gasteiger partial charge in [-0.25, -0.2) is 4.79 Å². The number of carbonyl (C=O) groups is 1. The zero-order chi connectivity index (χ0) is 26.8. The van der Waals surface area contributed by atoms with Gasteiger partial charge in [0.15, 0.2) is 0 Å². The molecule has 4 aromatic rings. The fraction of sp³-hybridized carbons (Fsp3) is 0.400. The summed E-state index contributed by atoms with van der Waals surface area (Å²) in [4.78, 5) is 20.7. The molecule has 0 radical (unpaired) electrons. The summed E-state index contributed by atoms with van der Waals surface area (Å²) in [5.74, 6) is 0.319. The van der Waals surface area contributed by atoms with Crippen molar-refractivity contribution < 1.29 is 19.2 Å². The van der Waals surface area contributed by atoms with Crippen LogP contribution < -0.4 is 0 Å². The van der Waals surface area contributed by atoms with Gasteiger partial charge in [0.25, 0.3) is 0 Å². The third kappa shape index (κ3) is 4.22. The van der Waals surface area contributed by atoms with Crippen molar-refractivity contribution in [2.45, 2.75) is 74.9 Å². The minimum atomic E-state index is -0.931. The number of fused-ring (bicyclic) bond motifs is 4. The molecule has 8 rings (SSSR count). The summed E-state index contributed by atoms with van der Waals surface area (Å²) in [5.41, 5.74) is 4.11. The second-order valence-electron chi connectivity index (χ2n) is 11.3. The first-order valence-electron chi connectivity index (χ1n) is 13.4. The molecule has 0 amide bonds. The first kappa shape index (κ1) is 25.0. The lowest BCUT2D eigenvalue weighted by Gasteiger charge is -2.52. The normalized spacial score (nSPS) is 24.4. The van der Waals surface area contributed by atoms with E-state index < -0.39 is 5.97 Å². The molecule has 0 atom stereocenters. The van der Waals surface area contributed by atoms with Crippen molar-refractivity contribution in [3.05, 3.63) is 75.4 Å². The second kappa shape index (κ2) is 9.29. The van der Waals surface area contributed by atoms with Gasteiger partial charge in [0, 0.05) is 45.9 Å². The van der Waals surface area contributed by atoms with E-state index in [1.54, 1.807) is 24.5 Å². The number of halogens is 2. The van der Waals surface area contributed by atoms with Crippen LogP contribution in [-0.4, -0.2) is 31.8 Å². The average molecular weight is 564 g/mol. The number of benzene rings is 1. The summed E-state index contributed by atoms with van der Waals surface area (Å²) in [7, 11) is 0. The van der Waals surface area contributed by atoms with Crippen LogP contribution in [0.25, 0.3) is 22.2 Å². The standard InChI is InChI=1S/C30H27Cl2N3O4/c31-21-14-33-15-22(32)25(21)26-20(27(39-35-26)17-4-5-17)16-38-30-11-8-29(9-12-30,10-13-30)24-7-6-18-19(28(36)37)2-1-3-23(18)34-24/h1-3,6-7,14-15,17H,4-5,8-13,16H2,(H,36,37). The molecule has 0 spiro atoms. The monoisotopic (exact) mass is 563 g/mol. The molecule has 4 fully saturated rings. The third-order valence-corrected chi connectivity index (χ3v) is 9.64. The van der Waals surface area contributed by atoms with Crippen molar-refractivity contribution in [2.75, 3.05) is 0 Å². The topological polar surface area (TPSA) is 98.3 Å². The summed E-state index contributed by atoms with van der Waals surface area (Å²) in [6.45, 7) is 0.402. The number of pyridine rings is 2. The fourth-order valence-corrected chi connectivity index (χ4v) is 7.12. The predicted molar refractivity (Wildman–Crippen MR) is 147 cm³/mol. The molecule has 0 unspecified atom stereocenters. The minimum absolute atomic E-state index is 0.00184. The van der Waals surface area contributed by atoms with Crippen molar-refractivity contribution in [3.8, 4) is 11.3 Å². The number of nitrogens with zero attached hydrogens (tertiary/aromatic N) is 3. The first-order valence-corrected chi connectivity index (χ1v) is 14.2. The van der Waals surface area contributed by atoms with Gasteiger partial charge in [0.2, 0.25) is 0 Å². The molecule has 4 saturated carbocycles. The summed E-state index contributed by atoms with van der Waals surface area (Å²) >= 11 is 13.0. The van der Waals surface area contributed by atoms with E-state index in [1.807, 2.05) is 18.2 Å². The van der Waals surface area contributed by atoms with Crippen LogP contribution in [0.15, 0.2) is 47.2 Å². The maximum absolute atomic E-state index is 11.6. The van der Waals surface area contributed by atoms with E-state index in [0.717, 1.165) is 73.9 Å². The number of aromatic nitrogens is 3. The summed E-state index contributed by atoms with van der Waals surface area (Å²) in [6.07, 6.45) is 11.1. The van der Waals surface area contributed by atoms with Gasteiger partial charge in [-0.1, -0.05) is 40.5 Å². The van der Waals surface area contributed by atoms with Gasteiger partial charge in [-0.3, -0.25) is 9.97 Å². The summed E-state index contributed by atoms with van der Waals surface area (Å²) in [5, 5.41) is 15.5. The Morgan fingerprint density at radius 1 is 1.03 bits per heavy atom. The molecule has 200 valence electrons. The molecular weight excluding hydrogens is 537 g/mol. The molecule has 4 aliphatic rings. The Kier molecular flexibility index (Phi) is 5.95. The van der Waals surface area contributed by atoms with Crippen LogP contribution in [0, 0.1) is 0 Å². The molecular formula is C30H27Cl2N3O4.